The minimum Gasteiger partial charge on any atom is -0.353 e. The molecule has 3 heterocycles. The molecule has 0 radical (unpaired) electrons. The lowest BCUT2D eigenvalue weighted by atomic mass is 10.00. The summed E-state index contributed by atoms with van der Waals surface area (Å²) >= 11 is 1.62. The Labute approximate surface area is 186 Å². The lowest BCUT2D eigenvalue weighted by Gasteiger charge is -2.35. The van der Waals surface area contributed by atoms with Gasteiger partial charge in [0.1, 0.15) is 6.04 Å². The van der Waals surface area contributed by atoms with E-state index in [1.54, 1.807) is 11.3 Å². The smallest absolute Gasteiger partial charge is 0.242 e. The predicted octanol–water partition coefficient (Wildman–Crippen LogP) is 2.90. The minimum absolute atomic E-state index is 0.0612. The molecule has 2 aromatic heterocycles. The van der Waals surface area contributed by atoms with Gasteiger partial charge in [-0.15, -0.1) is 11.3 Å². The first-order valence-corrected chi connectivity index (χ1v) is 11.3. The van der Waals surface area contributed by atoms with Crippen LogP contribution in [0.2, 0.25) is 0 Å². The lowest BCUT2D eigenvalue weighted by molar-refractivity contribution is -0.132. The number of aromatic nitrogens is 2. The van der Waals surface area contributed by atoms with E-state index in [0.717, 1.165) is 27.5 Å². The van der Waals surface area contributed by atoms with Crippen molar-refractivity contribution in [3.63, 3.8) is 0 Å². The van der Waals surface area contributed by atoms with E-state index in [4.69, 9.17) is 5.10 Å². The van der Waals surface area contributed by atoms with E-state index in [-0.39, 0.29) is 24.4 Å². The van der Waals surface area contributed by atoms with Gasteiger partial charge in [0.15, 0.2) is 0 Å². The Morgan fingerprint density at radius 1 is 1.26 bits per heavy atom. The summed E-state index contributed by atoms with van der Waals surface area (Å²) in [6, 6.07) is 13.2. The summed E-state index contributed by atoms with van der Waals surface area (Å²) in [5, 5.41) is 12.7. The van der Waals surface area contributed by atoms with Gasteiger partial charge in [-0.1, -0.05) is 24.3 Å². The van der Waals surface area contributed by atoms with Gasteiger partial charge in [0.05, 0.1) is 24.0 Å². The Hall–Kier alpha value is -2.97. The topological polar surface area (TPSA) is 79.3 Å². The fourth-order valence-corrected chi connectivity index (χ4v) is 4.88. The van der Waals surface area contributed by atoms with E-state index >= 15 is 0 Å². The number of carbonyl (C=O) groups excluding carboxylic acids is 2. The van der Waals surface area contributed by atoms with Crippen molar-refractivity contribution >= 4 is 23.2 Å². The van der Waals surface area contributed by atoms with Crippen LogP contribution in [0.1, 0.15) is 40.8 Å². The molecule has 0 bridgehead atoms. The minimum atomic E-state index is -0.547. The third-order valence-corrected chi connectivity index (χ3v) is 6.68. The fraction of sp³-hybridized carbons (Fsp3) is 0.348. The molecule has 1 aliphatic rings. The van der Waals surface area contributed by atoms with Gasteiger partial charge in [-0.25, -0.2) is 4.68 Å². The van der Waals surface area contributed by atoms with Crippen molar-refractivity contribution in [2.24, 2.45) is 0 Å². The van der Waals surface area contributed by atoms with Gasteiger partial charge < -0.3 is 10.6 Å². The van der Waals surface area contributed by atoms with Crippen molar-refractivity contribution in [2.75, 3.05) is 19.6 Å². The molecule has 2 unspecified atom stereocenters. The third kappa shape index (κ3) is 4.40. The predicted molar refractivity (Wildman–Crippen MR) is 121 cm³/mol. The molecule has 2 N–H and O–H groups in total. The molecule has 2 amide bonds. The van der Waals surface area contributed by atoms with Crippen molar-refractivity contribution in [1.29, 1.82) is 0 Å². The van der Waals surface area contributed by atoms with Gasteiger partial charge in [-0.05, 0) is 44.4 Å². The highest BCUT2D eigenvalue weighted by Crippen LogP contribution is 2.30. The number of piperazine rings is 1. The van der Waals surface area contributed by atoms with Crippen LogP contribution >= 0.6 is 11.3 Å². The van der Waals surface area contributed by atoms with Crippen LogP contribution in [0.15, 0.2) is 47.8 Å². The molecular formula is C23H27N5O2S. The molecule has 1 fully saturated rings. The van der Waals surface area contributed by atoms with Crippen LogP contribution in [-0.2, 0) is 9.59 Å². The van der Waals surface area contributed by atoms with E-state index in [0.29, 0.717) is 13.1 Å². The number of nitrogens with zero attached hydrogens (tertiary/aromatic N) is 3. The Kier molecular flexibility index (Phi) is 6.20. The van der Waals surface area contributed by atoms with Crippen LogP contribution in [-0.4, -0.2) is 46.1 Å². The zero-order valence-corrected chi connectivity index (χ0v) is 18.8. The van der Waals surface area contributed by atoms with Gasteiger partial charge >= 0.3 is 0 Å². The largest absolute Gasteiger partial charge is 0.353 e. The summed E-state index contributed by atoms with van der Waals surface area (Å²) < 4.78 is 1.86. The number of aryl methyl sites for hydroxylation is 1. The molecule has 0 saturated carbocycles. The van der Waals surface area contributed by atoms with Crippen molar-refractivity contribution in [1.82, 2.24) is 25.3 Å². The second-order valence-electron chi connectivity index (χ2n) is 7.80. The zero-order chi connectivity index (χ0) is 22.0. The maximum Gasteiger partial charge on any atom is 0.242 e. The molecule has 0 aliphatic carbocycles. The quantitative estimate of drug-likeness (QED) is 0.622. The fourth-order valence-electron chi connectivity index (χ4n) is 4.15. The molecule has 4 rings (SSSR count). The van der Waals surface area contributed by atoms with E-state index in [1.807, 2.05) is 78.2 Å². The summed E-state index contributed by atoms with van der Waals surface area (Å²) in [4.78, 5) is 28.8. The average molecular weight is 438 g/mol. The number of thiophene rings is 1. The number of amides is 2. The summed E-state index contributed by atoms with van der Waals surface area (Å²) in [6.45, 7) is 7.15. The SMILES string of the molecule is Cc1nn(-c2ccccc2)c(C)c1C1C(=O)NCCN1CC(=O)NC(C)c1cccs1. The van der Waals surface area contributed by atoms with Crippen molar-refractivity contribution in [3.05, 3.63) is 69.7 Å². The molecule has 3 aromatic rings. The van der Waals surface area contributed by atoms with Crippen LogP contribution in [0.4, 0.5) is 0 Å². The molecule has 7 nitrogen and oxygen atoms in total. The molecule has 1 aliphatic heterocycles. The normalized spacial score (nSPS) is 17.9. The Bertz CT molecular complexity index is 1060. The molecule has 31 heavy (non-hydrogen) atoms. The second-order valence-corrected chi connectivity index (χ2v) is 8.78. The molecule has 2 atom stereocenters. The number of nitrogens with one attached hydrogen (secondary N) is 2. The van der Waals surface area contributed by atoms with Crippen LogP contribution in [0, 0.1) is 13.8 Å². The van der Waals surface area contributed by atoms with E-state index in [9.17, 15) is 9.59 Å². The molecule has 1 aromatic carbocycles. The van der Waals surface area contributed by atoms with Crippen LogP contribution in [0.5, 0.6) is 0 Å². The number of carbonyl (C=O) groups is 2. The van der Waals surface area contributed by atoms with Gasteiger partial charge in [0.25, 0.3) is 0 Å². The maximum absolute atomic E-state index is 12.9. The Morgan fingerprint density at radius 2 is 2.03 bits per heavy atom. The highest BCUT2D eigenvalue weighted by atomic mass is 32.1. The van der Waals surface area contributed by atoms with Crippen molar-refractivity contribution < 1.29 is 9.59 Å². The zero-order valence-electron chi connectivity index (χ0n) is 18.0. The lowest BCUT2D eigenvalue weighted by Crippen LogP contribution is -2.53. The van der Waals surface area contributed by atoms with E-state index in [1.165, 1.54) is 0 Å². The first kappa shape index (κ1) is 21.3. The van der Waals surface area contributed by atoms with Crippen molar-refractivity contribution in [2.45, 2.75) is 32.9 Å². The van der Waals surface area contributed by atoms with Crippen LogP contribution < -0.4 is 10.6 Å². The van der Waals surface area contributed by atoms with E-state index in [2.05, 4.69) is 10.6 Å². The van der Waals surface area contributed by atoms with Crippen molar-refractivity contribution in [3.8, 4) is 5.69 Å². The highest BCUT2D eigenvalue weighted by Gasteiger charge is 2.36. The first-order chi connectivity index (χ1) is 15.0. The number of hydrogen-bond donors (Lipinski definition) is 2. The monoisotopic (exact) mass is 437 g/mol. The summed E-state index contributed by atoms with van der Waals surface area (Å²) in [5.41, 5.74) is 3.50. The van der Waals surface area contributed by atoms with Gasteiger partial charge in [0.2, 0.25) is 11.8 Å². The van der Waals surface area contributed by atoms with Gasteiger partial charge in [-0.3, -0.25) is 14.5 Å². The standard InChI is InChI=1S/C23H27N5O2S/c1-15(19-10-7-13-31-19)25-20(29)14-27-12-11-24-23(30)22(27)21-16(2)26-28(17(21)3)18-8-5-4-6-9-18/h4-10,13,15,22H,11-12,14H2,1-3H3,(H,24,30)(H,25,29). The summed E-state index contributed by atoms with van der Waals surface area (Å²) in [5.74, 6) is -0.185. The van der Waals surface area contributed by atoms with E-state index < -0.39 is 6.04 Å². The summed E-state index contributed by atoms with van der Waals surface area (Å²) in [6.07, 6.45) is 0. The summed E-state index contributed by atoms with van der Waals surface area (Å²) in [7, 11) is 0. The Morgan fingerprint density at radius 3 is 2.74 bits per heavy atom. The highest BCUT2D eigenvalue weighted by molar-refractivity contribution is 7.10. The second kappa shape index (κ2) is 9.03. The number of benzene rings is 1. The van der Waals surface area contributed by atoms with Crippen LogP contribution in [0.3, 0.4) is 0 Å². The molecular weight excluding hydrogens is 410 g/mol. The number of rotatable bonds is 6. The maximum atomic E-state index is 12.9. The average Bonchev–Trinajstić information content (AvgIpc) is 3.38. The Balaban J connectivity index is 1.58. The van der Waals surface area contributed by atoms with Crippen LogP contribution in [0.25, 0.3) is 5.69 Å². The number of hydrogen-bond acceptors (Lipinski definition) is 5. The molecule has 8 heteroatoms. The molecule has 1 saturated heterocycles. The molecule has 162 valence electrons. The molecule has 0 spiro atoms. The first-order valence-electron chi connectivity index (χ1n) is 10.4. The third-order valence-electron chi connectivity index (χ3n) is 5.63. The van der Waals surface area contributed by atoms with Gasteiger partial charge in [-0.2, -0.15) is 5.10 Å². The number of para-hydroxylation sites is 1. The van der Waals surface area contributed by atoms with Gasteiger partial charge in [0, 0.05) is 29.2 Å².